The molecule has 0 aromatic heterocycles. The minimum Gasteiger partial charge on any atom is -0.387 e. The molecule has 1 fully saturated rings. The average Bonchev–Trinajstić information content (AvgIpc) is 2.41. The lowest BCUT2D eigenvalue weighted by atomic mass is 9.62. The number of nitrogens with zero attached hydrogens (tertiary/aromatic N) is 1. The molecule has 108 valence electrons. The van der Waals surface area contributed by atoms with Gasteiger partial charge in [-0.15, -0.1) is 0 Å². The number of hydrogen-bond donors (Lipinski definition) is 1. The van der Waals surface area contributed by atoms with Gasteiger partial charge in [0, 0.05) is 15.6 Å². The monoisotopic (exact) mass is 311 g/mol. The summed E-state index contributed by atoms with van der Waals surface area (Å²) in [5.74, 6) is 0. The number of hydrogen-bond acceptors (Lipinski definition) is 2. The van der Waals surface area contributed by atoms with Gasteiger partial charge in [0.15, 0.2) is 0 Å². The Kier molecular flexibility index (Phi) is 4.35. The molecule has 2 nitrogen and oxygen atoms in total. The van der Waals surface area contributed by atoms with E-state index >= 15 is 0 Å². The zero-order valence-electron chi connectivity index (χ0n) is 11.8. The van der Waals surface area contributed by atoms with Crippen LogP contribution in [0.2, 0.25) is 10.0 Å². The average molecular weight is 312 g/mol. The van der Waals surface area contributed by atoms with E-state index in [-0.39, 0.29) is 5.41 Å². The van der Waals surface area contributed by atoms with E-state index in [1.165, 1.54) is 0 Å². The lowest BCUT2D eigenvalue weighted by Crippen LogP contribution is -2.35. The summed E-state index contributed by atoms with van der Waals surface area (Å²) in [6, 6.07) is 7.36. The summed E-state index contributed by atoms with van der Waals surface area (Å²) in [5.41, 5.74) is 0.0302. The van der Waals surface area contributed by atoms with Crippen molar-refractivity contribution in [2.24, 2.45) is 10.8 Å². The molecule has 0 spiro atoms. The molecule has 1 unspecified atom stereocenters. The Morgan fingerprint density at radius 1 is 1.20 bits per heavy atom. The zero-order chi connectivity index (χ0) is 15.0. The van der Waals surface area contributed by atoms with Gasteiger partial charge in [0.25, 0.3) is 0 Å². The standard InChI is InChI=1S/C16H19Cl2NO/c1-15(2)5-7-16(10-19,8-6-15)14(20)12-9-11(17)3-4-13(12)18/h3-4,9,14,20H,5-8H2,1-2H3. The molecule has 0 heterocycles. The van der Waals surface area contributed by atoms with E-state index in [1.54, 1.807) is 18.2 Å². The predicted octanol–water partition coefficient (Wildman–Crippen LogP) is 5.14. The molecule has 20 heavy (non-hydrogen) atoms. The highest BCUT2D eigenvalue weighted by atomic mass is 35.5. The highest BCUT2D eigenvalue weighted by molar-refractivity contribution is 6.33. The van der Waals surface area contributed by atoms with E-state index in [2.05, 4.69) is 19.9 Å². The summed E-state index contributed by atoms with van der Waals surface area (Å²) in [4.78, 5) is 0. The predicted molar refractivity (Wildman–Crippen MR) is 81.7 cm³/mol. The van der Waals surface area contributed by atoms with Crippen LogP contribution in [-0.2, 0) is 0 Å². The lowest BCUT2D eigenvalue weighted by Gasteiger charge is -2.42. The second-order valence-corrected chi connectivity index (χ2v) is 7.34. The largest absolute Gasteiger partial charge is 0.387 e. The van der Waals surface area contributed by atoms with E-state index in [1.807, 2.05) is 0 Å². The van der Waals surface area contributed by atoms with E-state index in [4.69, 9.17) is 23.2 Å². The Morgan fingerprint density at radius 3 is 2.35 bits per heavy atom. The van der Waals surface area contributed by atoms with Crippen molar-refractivity contribution in [3.63, 3.8) is 0 Å². The van der Waals surface area contributed by atoms with Gasteiger partial charge in [-0.2, -0.15) is 5.26 Å². The van der Waals surface area contributed by atoms with E-state index in [9.17, 15) is 10.4 Å². The molecule has 1 aromatic carbocycles. The fourth-order valence-electron chi connectivity index (χ4n) is 2.84. The van der Waals surface area contributed by atoms with Crippen LogP contribution in [0.4, 0.5) is 0 Å². The van der Waals surface area contributed by atoms with Gasteiger partial charge >= 0.3 is 0 Å². The first kappa shape index (κ1) is 15.6. The van der Waals surface area contributed by atoms with Crippen LogP contribution in [0, 0.1) is 22.2 Å². The second kappa shape index (κ2) is 5.56. The molecule has 1 N–H and O–H groups in total. The summed E-state index contributed by atoms with van der Waals surface area (Å²) in [6.07, 6.45) is 2.32. The van der Waals surface area contributed by atoms with Crippen molar-refractivity contribution in [1.29, 1.82) is 5.26 Å². The Labute approximate surface area is 130 Å². The summed E-state index contributed by atoms with van der Waals surface area (Å²) in [6.45, 7) is 4.40. The first-order chi connectivity index (χ1) is 9.30. The van der Waals surface area contributed by atoms with Gasteiger partial charge in [0.05, 0.1) is 17.6 Å². The molecule has 1 aliphatic carbocycles. The smallest absolute Gasteiger partial charge is 0.0991 e. The van der Waals surface area contributed by atoms with Crippen molar-refractivity contribution >= 4 is 23.2 Å². The molecule has 0 bridgehead atoms. The van der Waals surface area contributed by atoms with Gasteiger partial charge in [-0.05, 0) is 49.3 Å². The highest BCUT2D eigenvalue weighted by Gasteiger charge is 2.45. The number of benzene rings is 1. The molecule has 0 saturated heterocycles. The van der Waals surface area contributed by atoms with E-state index in [0.717, 1.165) is 12.8 Å². The maximum Gasteiger partial charge on any atom is 0.0991 e. The Hall–Kier alpha value is -0.750. The van der Waals surface area contributed by atoms with Gasteiger partial charge in [-0.25, -0.2) is 0 Å². The van der Waals surface area contributed by atoms with Crippen LogP contribution in [-0.4, -0.2) is 5.11 Å². The third-order valence-electron chi connectivity index (χ3n) is 4.49. The van der Waals surface area contributed by atoms with Gasteiger partial charge in [-0.3, -0.25) is 0 Å². The summed E-state index contributed by atoms with van der Waals surface area (Å²) < 4.78 is 0. The fraction of sp³-hybridized carbons (Fsp3) is 0.562. The normalized spacial score (nSPS) is 22.0. The van der Waals surface area contributed by atoms with Crippen molar-refractivity contribution in [2.75, 3.05) is 0 Å². The third-order valence-corrected chi connectivity index (χ3v) is 5.07. The summed E-state index contributed by atoms with van der Waals surface area (Å²) in [5, 5.41) is 21.3. The number of aliphatic hydroxyl groups excluding tert-OH is 1. The van der Waals surface area contributed by atoms with Crippen LogP contribution in [0.3, 0.4) is 0 Å². The first-order valence-corrected chi connectivity index (χ1v) is 7.60. The number of nitriles is 1. The zero-order valence-corrected chi connectivity index (χ0v) is 13.3. The molecule has 1 aromatic rings. The van der Waals surface area contributed by atoms with Crippen molar-refractivity contribution in [3.8, 4) is 6.07 Å². The maximum absolute atomic E-state index is 10.7. The number of aliphatic hydroxyl groups is 1. The molecule has 0 aliphatic heterocycles. The minimum atomic E-state index is -0.894. The quantitative estimate of drug-likeness (QED) is 0.822. The molecular weight excluding hydrogens is 293 g/mol. The number of halogens is 2. The van der Waals surface area contributed by atoms with Crippen LogP contribution < -0.4 is 0 Å². The van der Waals surface area contributed by atoms with Crippen LogP contribution in [0.1, 0.15) is 51.2 Å². The molecule has 0 radical (unpaired) electrons. The van der Waals surface area contributed by atoms with E-state index in [0.29, 0.717) is 28.5 Å². The second-order valence-electron chi connectivity index (χ2n) is 6.50. The molecule has 1 saturated carbocycles. The molecule has 1 aliphatic rings. The fourth-order valence-corrected chi connectivity index (χ4v) is 3.24. The Bertz CT molecular complexity index is 538. The van der Waals surface area contributed by atoms with Gasteiger partial charge in [-0.1, -0.05) is 37.0 Å². The van der Waals surface area contributed by atoms with Crippen molar-refractivity contribution in [3.05, 3.63) is 33.8 Å². The number of rotatable bonds is 2. The van der Waals surface area contributed by atoms with Gasteiger partial charge in [0.2, 0.25) is 0 Å². The van der Waals surface area contributed by atoms with Crippen molar-refractivity contribution < 1.29 is 5.11 Å². The van der Waals surface area contributed by atoms with Crippen molar-refractivity contribution in [2.45, 2.75) is 45.6 Å². The lowest BCUT2D eigenvalue weighted by molar-refractivity contribution is 0.00962. The molecule has 0 amide bonds. The summed E-state index contributed by atoms with van der Waals surface area (Å²) in [7, 11) is 0. The third kappa shape index (κ3) is 2.96. The topological polar surface area (TPSA) is 44.0 Å². The molecule has 1 atom stereocenters. The molecule has 2 rings (SSSR count). The highest BCUT2D eigenvalue weighted by Crippen LogP contribution is 2.51. The minimum absolute atomic E-state index is 0.234. The molecular formula is C16H19Cl2NO. The Morgan fingerprint density at radius 2 is 1.80 bits per heavy atom. The molecule has 4 heteroatoms. The van der Waals surface area contributed by atoms with Gasteiger partial charge < -0.3 is 5.11 Å². The van der Waals surface area contributed by atoms with E-state index < -0.39 is 11.5 Å². The SMILES string of the molecule is CC1(C)CCC(C#N)(C(O)c2cc(Cl)ccc2Cl)CC1. The first-order valence-electron chi connectivity index (χ1n) is 6.84. The van der Waals surface area contributed by atoms with Gasteiger partial charge in [0.1, 0.15) is 0 Å². The van der Waals surface area contributed by atoms with Crippen LogP contribution >= 0.6 is 23.2 Å². The Balaban J connectivity index is 2.33. The van der Waals surface area contributed by atoms with Crippen LogP contribution in [0.5, 0.6) is 0 Å². The maximum atomic E-state index is 10.7. The summed E-state index contributed by atoms with van der Waals surface area (Å²) >= 11 is 12.1. The van der Waals surface area contributed by atoms with Crippen LogP contribution in [0.15, 0.2) is 18.2 Å². The van der Waals surface area contributed by atoms with Crippen molar-refractivity contribution in [1.82, 2.24) is 0 Å². The van der Waals surface area contributed by atoms with Crippen LogP contribution in [0.25, 0.3) is 0 Å².